The Hall–Kier alpha value is -2.83. The second kappa shape index (κ2) is 5.99. The minimum Gasteiger partial charge on any atom is -0.481 e. The maximum atomic E-state index is 12.1. The molecule has 2 aliphatic carbocycles. The van der Waals surface area contributed by atoms with Crippen LogP contribution in [0, 0.1) is 17.8 Å². The Labute approximate surface area is 137 Å². The molecule has 0 radical (unpaired) electrons. The second-order valence-electron chi connectivity index (χ2n) is 6.07. The maximum absolute atomic E-state index is 12.1. The van der Waals surface area contributed by atoms with Crippen molar-refractivity contribution in [2.75, 3.05) is 0 Å². The number of carbonyl (C=O) groups is 3. The molecule has 4 atom stereocenters. The number of alkyl carbamates (subject to hydrolysis) is 1. The van der Waals surface area contributed by atoms with Gasteiger partial charge in [-0.05, 0) is 17.9 Å². The summed E-state index contributed by atoms with van der Waals surface area (Å²) in [7, 11) is 0. The molecule has 24 heavy (non-hydrogen) atoms. The summed E-state index contributed by atoms with van der Waals surface area (Å²) in [4.78, 5) is 35.6. The number of allylic oxidation sites excluding steroid dienone is 1. The number of amides is 1. The Morgan fingerprint density at radius 1 is 1.17 bits per heavy atom. The van der Waals surface area contributed by atoms with E-state index < -0.39 is 41.3 Å². The molecular formula is C17H17NO6. The summed E-state index contributed by atoms with van der Waals surface area (Å²) in [6, 6.07) is 8.93. The minimum absolute atomic E-state index is 0.0238. The molecule has 0 aromatic heterocycles. The van der Waals surface area contributed by atoms with E-state index in [-0.39, 0.29) is 6.61 Å². The van der Waals surface area contributed by atoms with Gasteiger partial charge in [0.1, 0.15) is 6.61 Å². The van der Waals surface area contributed by atoms with Crippen LogP contribution in [0.2, 0.25) is 0 Å². The summed E-state index contributed by atoms with van der Waals surface area (Å²) in [6.07, 6.45) is 2.83. The zero-order chi connectivity index (χ0) is 17.3. The summed E-state index contributed by atoms with van der Waals surface area (Å²) < 4.78 is 5.07. The highest BCUT2D eigenvalue weighted by molar-refractivity contribution is 5.92. The zero-order valence-corrected chi connectivity index (χ0v) is 12.7. The first-order chi connectivity index (χ1) is 11.4. The standard InChI is InChI=1S/C17H17NO6/c19-14(20)13-11-6-7-12(8-11)17(13,15(21)22)18-16(23)24-9-10-4-2-1-3-5-10/h1-7,11-13H,8-9H2,(H,18,23)(H,19,20)(H,21,22)/t11-,12+,13+,17+/m1/s1. The molecule has 2 bridgehead atoms. The molecule has 126 valence electrons. The number of hydrogen-bond acceptors (Lipinski definition) is 4. The van der Waals surface area contributed by atoms with Crippen molar-refractivity contribution in [3.63, 3.8) is 0 Å². The van der Waals surface area contributed by atoms with E-state index in [0.717, 1.165) is 5.56 Å². The van der Waals surface area contributed by atoms with Gasteiger partial charge in [-0.2, -0.15) is 0 Å². The van der Waals surface area contributed by atoms with Crippen LogP contribution in [0.3, 0.4) is 0 Å². The van der Waals surface area contributed by atoms with Gasteiger partial charge in [0.15, 0.2) is 5.54 Å². The summed E-state index contributed by atoms with van der Waals surface area (Å²) in [5.74, 6) is -4.78. The van der Waals surface area contributed by atoms with Crippen molar-refractivity contribution >= 4 is 18.0 Å². The van der Waals surface area contributed by atoms with E-state index in [2.05, 4.69) is 5.32 Å². The number of rotatable bonds is 5. The maximum Gasteiger partial charge on any atom is 0.408 e. The van der Waals surface area contributed by atoms with Gasteiger partial charge >= 0.3 is 18.0 Å². The highest BCUT2D eigenvalue weighted by atomic mass is 16.5. The van der Waals surface area contributed by atoms with Crippen molar-refractivity contribution in [2.24, 2.45) is 17.8 Å². The van der Waals surface area contributed by atoms with E-state index in [1.807, 2.05) is 6.07 Å². The number of carboxylic acid groups (broad SMARTS) is 2. The third-order valence-corrected chi connectivity index (χ3v) is 4.76. The number of aliphatic carboxylic acids is 2. The monoisotopic (exact) mass is 331 g/mol. The molecule has 3 rings (SSSR count). The van der Waals surface area contributed by atoms with E-state index >= 15 is 0 Å². The summed E-state index contributed by atoms with van der Waals surface area (Å²) >= 11 is 0. The van der Waals surface area contributed by atoms with Crippen LogP contribution < -0.4 is 5.32 Å². The fraction of sp³-hybridized carbons (Fsp3) is 0.353. The van der Waals surface area contributed by atoms with Gasteiger partial charge in [-0.15, -0.1) is 0 Å². The molecule has 1 aromatic rings. The number of fused-ring (bicyclic) bond motifs is 2. The Balaban J connectivity index is 1.77. The molecule has 3 N–H and O–H groups in total. The fourth-order valence-corrected chi connectivity index (χ4v) is 3.70. The quantitative estimate of drug-likeness (QED) is 0.707. The highest BCUT2D eigenvalue weighted by Gasteiger charge is 2.65. The Morgan fingerprint density at radius 3 is 2.50 bits per heavy atom. The molecule has 0 unspecified atom stereocenters. The SMILES string of the molecule is O=C(N[C@]1(C(=O)O)[C@H](C(=O)O)[C@@H]2C=C[C@H]1C2)OCc1ccccc1. The third-order valence-electron chi connectivity index (χ3n) is 4.76. The Morgan fingerprint density at radius 2 is 1.88 bits per heavy atom. The predicted octanol–water partition coefficient (Wildman–Crippen LogP) is 1.64. The van der Waals surface area contributed by atoms with Crippen LogP contribution in [-0.2, 0) is 20.9 Å². The van der Waals surface area contributed by atoms with Crippen molar-refractivity contribution in [3.05, 3.63) is 48.0 Å². The summed E-state index contributed by atoms with van der Waals surface area (Å²) in [5.41, 5.74) is -1.13. The molecule has 7 nitrogen and oxygen atoms in total. The van der Waals surface area contributed by atoms with Crippen LogP contribution in [0.4, 0.5) is 4.79 Å². The van der Waals surface area contributed by atoms with Crippen molar-refractivity contribution in [3.8, 4) is 0 Å². The van der Waals surface area contributed by atoms with E-state index in [1.54, 1.807) is 36.4 Å². The molecule has 1 amide bonds. The Kier molecular flexibility index (Phi) is 4.01. The van der Waals surface area contributed by atoms with Crippen molar-refractivity contribution in [1.29, 1.82) is 0 Å². The van der Waals surface area contributed by atoms with Gasteiger partial charge in [0.25, 0.3) is 0 Å². The van der Waals surface area contributed by atoms with E-state index in [1.165, 1.54) is 0 Å². The van der Waals surface area contributed by atoms with Gasteiger partial charge in [-0.25, -0.2) is 9.59 Å². The summed E-state index contributed by atoms with van der Waals surface area (Å²) in [5, 5.41) is 21.5. The number of carboxylic acids is 2. The number of hydrogen-bond donors (Lipinski definition) is 3. The molecule has 2 aliphatic rings. The first-order valence-corrected chi connectivity index (χ1v) is 7.58. The van der Waals surface area contributed by atoms with Gasteiger partial charge in [-0.3, -0.25) is 4.79 Å². The molecular weight excluding hydrogens is 314 g/mol. The van der Waals surface area contributed by atoms with Crippen molar-refractivity contribution < 1.29 is 29.3 Å². The van der Waals surface area contributed by atoms with Gasteiger partial charge in [0, 0.05) is 5.92 Å². The lowest BCUT2D eigenvalue weighted by molar-refractivity contribution is -0.157. The van der Waals surface area contributed by atoms with E-state index in [9.17, 15) is 24.6 Å². The lowest BCUT2D eigenvalue weighted by Gasteiger charge is -2.36. The highest BCUT2D eigenvalue weighted by Crippen LogP contribution is 2.51. The van der Waals surface area contributed by atoms with Gasteiger partial charge in [0.2, 0.25) is 0 Å². The number of benzene rings is 1. The zero-order valence-electron chi connectivity index (χ0n) is 12.7. The number of ether oxygens (including phenoxy) is 1. The summed E-state index contributed by atoms with van der Waals surface area (Å²) in [6.45, 7) is -0.0238. The van der Waals surface area contributed by atoms with Crippen LogP contribution >= 0.6 is 0 Å². The number of nitrogens with one attached hydrogen (secondary N) is 1. The second-order valence-corrected chi connectivity index (χ2v) is 6.07. The largest absolute Gasteiger partial charge is 0.481 e. The van der Waals surface area contributed by atoms with Gasteiger partial charge < -0.3 is 20.3 Å². The average molecular weight is 331 g/mol. The minimum atomic E-state index is -1.88. The van der Waals surface area contributed by atoms with Crippen molar-refractivity contribution in [2.45, 2.75) is 18.6 Å². The molecule has 1 aromatic carbocycles. The van der Waals surface area contributed by atoms with E-state index in [0.29, 0.717) is 6.42 Å². The molecule has 0 saturated heterocycles. The fourth-order valence-electron chi connectivity index (χ4n) is 3.70. The van der Waals surface area contributed by atoms with Crippen molar-refractivity contribution in [1.82, 2.24) is 5.32 Å². The van der Waals surface area contributed by atoms with Crippen LogP contribution in [-0.4, -0.2) is 33.8 Å². The van der Waals surface area contributed by atoms with Gasteiger partial charge in [0.05, 0.1) is 5.92 Å². The van der Waals surface area contributed by atoms with Crippen LogP contribution in [0.25, 0.3) is 0 Å². The first-order valence-electron chi connectivity index (χ1n) is 7.58. The molecule has 0 aliphatic heterocycles. The molecule has 0 spiro atoms. The molecule has 0 heterocycles. The average Bonchev–Trinajstić information content (AvgIpc) is 3.13. The third kappa shape index (κ3) is 2.51. The predicted molar refractivity (Wildman–Crippen MR) is 82.0 cm³/mol. The molecule has 7 heteroatoms. The normalized spacial score (nSPS) is 30.1. The molecule has 1 fully saturated rings. The molecule has 1 saturated carbocycles. The smallest absolute Gasteiger partial charge is 0.408 e. The van der Waals surface area contributed by atoms with Gasteiger partial charge in [-0.1, -0.05) is 42.5 Å². The number of carbonyl (C=O) groups excluding carboxylic acids is 1. The lowest BCUT2D eigenvalue weighted by atomic mass is 9.75. The lowest BCUT2D eigenvalue weighted by Crippen LogP contribution is -2.63. The van der Waals surface area contributed by atoms with Crippen LogP contribution in [0.1, 0.15) is 12.0 Å². The van der Waals surface area contributed by atoms with Crippen LogP contribution in [0.5, 0.6) is 0 Å². The van der Waals surface area contributed by atoms with E-state index in [4.69, 9.17) is 4.74 Å². The Bertz CT molecular complexity index is 700. The first kappa shape index (κ1) is 16.0. The topological polar surface area (TPSA) is 113 Å². The van der Waals surface area contributed by atoms with Crippen LogP contribution in [0.15, 0.2) is 42.5 Å².